The van der Waals surface area contributed by atoms with E-state index >= 15 is 0 Å². The van der Waals surface area contributed by atoms with Crippen molar-refractivity contribution in [2.45, 2.75) is 6.18 Å². The summed E-state index contributed by atoms with van der Waals surface area (Å²) in [6.45, 7) is -0.210. The number of alkyl halides is 3. The summed E-state index contributed by atoms with van der Waals surface area (Å²) in [6, 6.07) is 0.713. The third-order valence-corrected chi connectivity index (χ3v) is 1.82. The zero-order valence-corrected chi connectivity index (χ0v) is 6.76. The van der Waals surface area contributed by atoms with Crippen molar-refractivity contribution in [2.24, 2.45) is 0 Å². The number of ketones is 1. The zero-order valence-electron chi connectivity index (χ0n) is 6.76. The molecular weight excluding hydrogens is 199 g/mol. The number of hydrogen-bond acceptors (Lipinski definition) is 3. The number of ether oxygens (including phenoxy) is 1. The van der Waals surface area contributed by atoms with Crippen LogP contribution in [0.4, 0.5) is 13.2 Å². The van der Waals surface area contributed by atoms with Crippen LogP contribution >= 0.6 is 0 Å². The van der Waals surface area contributed by atoms with E-state index in [1.165, 1.54) is 0 Å². The van der Waals surface area contributed by atoms with Gasteiger partial charge < -0.3 is 4.74 Å². The molecule has 3 nitrogen and oxygen atoms in total. The van der Waals surface area contributed by atoms with Crippen molar-refractivity contribution in [3.8, 4) is 5.75 Å². The monoisotopic (exact) mass is 203 g/mol. The first-order valence-electron chi connectivity index (χ1n) is 3.72. The molecule has 1 aliphatic heterocycles. The Morgan fingerprint density at radius 3 is 2.79 bits per heavy atom. The third kappa shape index (κ3) is 1.32. The number of hydrogen-bond donors (Lipinski definition) is 0. The predicted molar refractivity (Wildman–Crippen MR) is 39.1 cm³/mol. The molecule has 0 spiro atoms. The number of fused-ring (bicyclic) bond motifs is 1. The molecule has 74 valence electrons. The number of halogens is 3. The lowest BCUT2D eigenvalue weighted by Gasteiger charge is -2.05. The minimum absolute atomic E-state index is 0.0488. The molecule has 0 saturated carbocycles. The molecule has 0 fully saturated rings. The summed E-state index contributed by atoms with van der Waals surface area (Å²) in [5.74, 6) is -0.337. The third-order valence-electron chi connectivity index (χ3n) is 1.82. The molecule has 0 amide bonds. The van der Waals surface area contributed by atoms with Gasteiger partial charge in [0, 0.05) is 0 Å². The van der Waals surface area contributed by atoms with Crippen LogP contribution in [0.1, 0.15) is 16.1 Å². The van der Waals surface area contributed by atoms with E-state index in [2.05, 4.69) is 4.98 Å². The molecule has 0 unspecified atom stereocenters. The smallest absolute Gasteiger partial charge is 0.433 e. The normalized spacial score (nSPS) is 15.2. The quantitative estimate of drug-likeness (QED) is 0.643. The maximum atomic E-state index is 12.2. The van der Waals surface area contributed by atoms with E-state index in [-0.39, 0.29) is 17.9 Å². The predicted octanol–water partition coefficient (Wildman–Crippen LogP) is 1.68. The standard InChI is InChI=1S/C8H4F3NO2/c9-8(10,11)7-1-4-5(13)3-14-6(4)2-12-7/h1-2H,3H2. The first-order valence-corrected chi connectivity index (χ1v) is 3.72. The van der Waals surface area contributed by atoms with E-state index in [9.17, 15) is 18.0 Å². The Hall–Kier alpha value is -1.59. The first-order chi connectivity index (χ1) is 6.48. The molecule has 0 aromatic carbocycles. The van der Waals surface area contributed by atoms with Crippen LogP contribution in [0.3, 0.4) is 0 Å². The van der Waals surface area contributed by atoms with E-state index < -0.39 is 17.7 Å². The second-order valence-electron chi connectivity index (χ2n) is 2.78. The van der Waals surface area contributed by atoms with Gasteiger partial charge in [-0.25, -0.2) is 4.98 Å². The lowest BCUT2D eigenvalue weighted by atomic mass is 10.1. The van der Waals surface area contributed by atoms with Crippen molar-refractivity contribution in [1.82, 2.24) is 4.98 Å². The number of rotatable bonds is 0. The Kier molecular flexibility index (Phi) is 1.73. The number of carbonyl (C=O) groups is 1. The average molecular weight is 203 g/mol. The summed E-state index contributed by atoms with van der Waals surface area (Å²) in [6.07, 6.45) is -3.61. The molecule has 2 heterocycles. The van der Waals surface area contributed by atoms with E-state index in [1.54, 1.807) is 0 Å². The highest BCUT2D eigenvalue weighted by molar-refractivity contribution is 6.02. The summed E-state index contributed by atoms with van der Waals surface area (Å²) in [4.78, 5) is 14.2. The minimum Gasteiger partial charge on any atom is -0.483 e. The Morgan fingerprint density at radius 1 is 1.43 bits per heavy atom. The fourth-order valence-corrected chi connectivity index (χ4v) is 1.15. The number of aromatic nitrogens is 1. The summed E-state index contributed by atoms with van der Waals surface area (Å²) >= 11 is 0. The largest absolute Gasteiger partial charge is 0.483 e. The number of Topliss-reactive ketones (excluding diaryl/α,β-unsaturated/α-hetero) is 1. The minimum atomic E-state index is -4.53. The first kappa shape index (κ1) is 8.98. The molecule has 0 radical (unpaired) electrons. The molecule has 0 atom stereocenters. The molecule has 1 aromatic rings. The summed E-state index contributed by atoms with van der Waals surface area (Å²) < 4.78 is 41.3. The van der Waals surface area contributed by atoms with E-state index in [0.717, 1.165) is 6.20 Å². The molecular formula is C8H4F3NO2. The molecule has 2 rings (SSSR count). The molecule has 0 aliphatic carbocycles. The summed E-state index contributed by atoms with van der Waals surface area (Å²) in [5.41, 5.74) is -1.12. The van der Waals surface area contributed by atoms with Gasteiger partial charge in [-0.3, -0.25) is 4.79 Å². The fraction of sp³-hybridized carbons (Fsp3) is 0.250. The van der Waals surface area contributed by atoms with Crippen molar-refractivity contribution in [2.75, 3.05) is 6.61 Å². The van der Waals surface area contributed by atoms with Crippen LogP contribution in [0.2, 0.25) is 0 Å². The molecule has 0 saturated heterocycles. The van der Waals surface area contributed by atoms with Gasteiger partial charge in [0.05, 0.1) is 11.8 Å². The topological polar surface area (TPSA) is 39.2 Å². The highest BCUT2D eigenvalue weighted by Crippen LogP contribution is 2.32. The van der Waals surface area contributed by atoms with Crippen LogP contribution in [-0.4, -0.2) is 17.4 Å². The van der Waals surface area contributed by atoms with Crippen molar-refractivity contribution in [1.29, 1.82) is 0 Å². The molecule has 6 heteroatoms. The van der Waals surface area contributed by atoms with Gasteiger partial charge in [-0.1, -0.05) is 0 Å². The average Bonchev–Trinajstić information content (AvgIpc) is 2.46. The van der Waals surface area contributed by atoms with E-state index in [1.807, 2.05) is 0 Å². The number of nitrogens with zero attached hydrogens (tertiary/aromatic N) is 1. The van der Waals surface area contributed by atoms with Crippen molar-refractivity contribution < 1.29 is 22.7 Å². The van der Waals surface area contributed by atoms with E-state index in [0.29, 0.717) is 6.07 Å². The Bertz CT molecular complexity index is 400. The van der Waals surface area contributed by atoms with Gasteiger partial charge in [0.15, 0.2) is 6.61 Å². The number of pyridine rings is 1. The molecule has 0 N–H and O–H groups in total. The van der Waals surface area contributed by atoms with Gasteiger partial charge in [-0.2, -0.15) is 13.2 Å². The van der Waals surface area contributed by atoms with Crippen LogP contribution in [0.5, 0.6) is 5.75 Å². The molecule has 1 aromatic heterocycles. The van der Waals surface area contributed by atoms with Crippen LogP contribution in [0, 0.1) is 0 Å². The van der Waals surface area contributed by atoms with Crippen molar-refractivity contribution in [3.05, 3.63) is 23.5 Å². The van der Waals surface area contributed by atoms with Crippen LogP contribution in [0.25, 0.3) is 0 Å². The van der Waals surface area contributed by atoms with Crippen molar-refractivity contribution in [3.63, 3.8) is 0 Å². The van der Waals surface area contributed by atoms with Crippen LogP contribution in [0.15, 0.2) is 12.3 Å². The fourth-order valence-electron chi connectivity index (χ4n) is 1.15. The Balaban J connectivity index is 2.50. The Labute approximate surface area is 76.5 Å². The lowest BCUT2D eigenvalue weighted by molar-refractivity contribution is -0.141. The van der Waals surface area contributed by atoms with Crippen LogP contribution in [-0.2, 0) is 6.18 Å². The zero-order chi connectivity index (χ0) is 10.3. The molecule has 0 bridgehead atoms. The SMILES string of the molecule is O=C1COc2cnc(C(F)(F)F)cc21. The molecule has 14 heavy (non-hydrogen) atoms. The van der Waals surface area contributed by atoms with Gasteiger partial charge in [-0.05, 0) is 6.07 Å². The van der Waals surface area contributed by atoms with Gasteiger partial charge in [0.25, 0.3) is 0 Å². The second-order valence-corrected chi connectivity index (χ2v) is 2.78. The summed E-state index contributed by atoms with van der Waals surface area (Å²) in [7, 11) is 0. The van der Waals surface area contributed by atoms with E-state index in [4.69, 9.17) is 4.74 Å². The molecule has 1 aliphatic rings. The highest BCUT2D eigenvalue weighted by atomic mass is 19.4. The Morgan fingerprint density at radius 2 is 2.14 bits per heavy atom. The van der Waals surface area contributed by atoms with Crippen LogP contribution < -0.4 is 4.74 Å². The maximum Gasteiger partial charge on any atom is 0.433 e. The van der Waals surface area contributed by atoms with Gasteiger partial charge >= 0.3 is 6.18 Å². The van der Waals surface area contributed by atoms with Gasteiger partial charge in [-0.15, -0.1) is 0 Å². The van der Waals surface area contributed by atoms with Gasteiger partial charge in [0.2, 0.25) is 5.78 Å². The summed E-state index contributed by atoms with van der Waals surface area (Å²) in [5, 5.41) is 0. The second kappa shape index (κ2) is 2.70. The van der Waals surface area contributed by atoms with Gasteiger partial charge in [0.1, 0.15) is 11.4 Å². The highest BCUT2D eigenvalue weighted by Gasteiger charge is 2.35. The maximum absolute atomic E-state index is 12.2. The number of carbonyl (C=O) groups excluding carboxylic acids is 1. The van der Waals surface area contributed by atoms with Crippen molar-refractivity contribution >= 4 is 5.78 Å². The lowest BCUT2D eigenvalue weighted by Crippen LogP contribution is -2.08.